The van der Waals surface area contributed by atoms with Crippen LogP contribution in [-0.2, 0) is 14.9 Å². The Labute approximate surface area is 96.8 Å². The number of hydrogen-bond acceptors (Lipinski definition) is 4. The minimum Gasteiger partial charge on any atom is -0.396 e. The number of ether oxygens (including phenoxy) is 1. The first-order valence-electron chi connectivity index (χ1n) is 5.37. The molecule has 0 spiro atoms. The molecule has 16 heavy (non-hydrogen) atoms. The summed E-state index contributed by atoms with van der Waals surface area (Å²) >= 11 is 0. The summed E-state index contributed by atoms with van der Waals surface area (Å²) in [5, 5.41) is 8.63. The molecule has 0 bridgehead atoms. The van der Waals surface area contributed by atoms with Crippen LogP contribution in [0.15, 0.2) is 0 Å². The smallest absolute Gasteiger partial charge is 0.279 e. The Kier molecular flexibility index (Phi) is 5.13. The quantitative estimate of drug-likeness (QED) is 0.629. The summed E-state index contributed by atoms with van der Waals surface area (Å²) in [6.45, 7) is 0.321. The van der Waals surface area contributed by atoms with Gasteiger partial charge in [-0.2, -0.15) is 17.4 Å². The van der Waals surface area contributed by atoms with E-state index in [0.29, 0.717) is 13.0 Å². The van der Waals surface area contributed by atoms with Crippen molar-refractivity contribution in [2.24, 2.45) is 0 Å². The van der Waals surface area contributed by atoms with Crippen molar-refractivity contribution >= 4 is 10.2 Å². The van der Waals surface area contributed by atoms with Crippen molar-refractivity contribution in [3.8, 4) is 0 Å². The van der Waals surface area contributed by atoms with E-state index in [-0.39, 0.29) is 18.8 Å². The van der Waals surface area contributed by atoms with E-state index in [1.165, 1.54) is 11.4 Å². The number of aliphatic hydroxyl groups is 1. The Balaban J connectivity index is 2.34. The van der Waals surface area contributed by atoms with Gasteiger partial charge in [0.25, 0.3) is 10.2 Å². The molecule has 0 atom stereocenters. The van der Waals surface area contributed by atoms with Gasteiger partial charge < -0.3 is 9.84 Å². The Morgan fingerprint density at radius 3 is 2.62 bits per heavy atom. The second kappa shape index (κ2) is 5.92. The second-order valence-electron chi connectivity index (χ2n) is 4.05. The number of nitrogens with one attached hydrogen (secondary N) is 1. The predicted octanol–water partition coefficient (Wildman–Crippen LogP) is -0.688. The molecule has 0 radical (unpaired) electrons. The van der Waals surface area contributed by atoms with Crippen LogP contribution in [0.5, 0.6) is 0 Å². The van der Waals surface area contributed by atoms with Crippen LogP contribution in [0.1, 0.15) is 19.3 Å². The zero-order chi connectivity index (χ0) is 12.2. The largest absolute Gasteiger partial charge is 0.396 e. The molecular formula is C9H20N2O4S. The van der Waals surface area contributed by atoms with Crippen molar-refractivity contribution < 1.29 is 18.3 Å². The van der Waals surface area contributed by atoms with Crippen molar-refractivity contribution in [3.63, 3.8) is 0 Å². The van der Waals surface area contributed by atoms with E-state index in [2.05, 4.69) is 4.72 Å². The maximum atomic E-state index is 11.7. The summed E-state index contributed by atoms with van der Waals surface area (Å²) in [6, 6.07) is -0.0217. The van der Waals surface area contributed by atoms with Crippen LogP contribution in [0.2, 0.25) is 0 Å². The fourth-order valence-electron chi connectivity index (χ4n) is 1.57. The monoisotopic (exact) mass is 252 g/mol. The van der Waals surface area contributed by atoms with Gasteiger partial charge in [0.05, 0.1) is 6.10 Å². The van der Waals surface area contributed by atoms with Crippen LogP contribution >= 0.6 is 0 Å². The predicted molar refractivity (Wildman–Crippen MR) is 60.2 cm³/mol. The number of aliphatic hydroxyl groups excluding tert-OH is 1. The zero-order valence-electron chi connectivity index (χ0n) is 9.72. The highest BCUT2D eigenvalue weighted by Crippen LogP contribution is 2.23. The Bertz CT molecular complexity index is 301. The first-order valence-corrected chi connectivity index (χ1v) is 6.81. The average molecular weight is 252 g/mol. The van der Waals surface area contributed by atoms with Gasteiger partial charge in [-0.25, -0.2) is 0 Å². The summed E-state index contributed by atoms with van der Waals surface area (Å²) in [4.78, 5) is 0. The van der Waals surface area contributed by atoms with Crippen LogP contribution in [0, 0.1) is 0 Å². The van der Waals surface area contributed by atoms with Gasteiger partial charge in [-0.1, -0.05) is 0 Å². The summed E-state index contributed by atoms with van der Waals surface area (Å²) < 4.78 is 32.4. The molecule has 0 unspecified atom stereocenters. The van der Waals surface area contributed by atoms with Crippen LogP contribution < -0.4 is 4.72 Å². The third-order valence-corrected chi connectivity index (χ3v) is 4.42. The third-order valence-electron chi connectivity index (χ3n) is 2.79. The van der Waals surface area contributed by atoms with E-state index in [9.17, 15) is 8.42 Å². The van der Waals surface area contributed by atoms with Gasteiger partial charge in [-0.05, 0) is 19.3 Å². The number of methoxy groups -OCH3 is 1. The third kappa shape index (κ3) is 3.67. The molecule has 0 amide bonds. The van der Waals surface area contributed by atoms with Crippen LogP contribution in [0.25, 0.3) is 0 Å². The lowest BCUT2D eigenvalue weighted by atomic mass is 9.90. The van der Waals surface area contributed by atoms with Gasteiger partial charge in [0, 0.05) is 33.4 Å². The molecule has 1 aliphatic carbocycles. The van der Waals surface area contributed by atoms with Gasteiger partial charge in [0.2, 0.25) is 0 Å². The van der Waals surface area contributed by atoms with Gasteiger partial charge >= 0.3 is 0 Å². The van der Waals surface area contributed by atoms with Gasteiger partial charge in [-0.3, -0.25) is 0 Å². The lowest BCUT2D eigenvalue weighted by molar-refractivity contribution is 0.0232. The average Bonchev–Trinajstić information content (AvgIpc) is 2.19. The lowest BCUT2D eigenvalue weighted by Gasteiger charge is -2.35. The molecule has 1 fully saturated rings. The van der Waals surface area contributed by atoms with Gasteiger partial charge in [0.15, 0.2) is 0 Å². The normalized spacial score (nSPS) is 25.8. The summed E-state index contributed by atoms with van der Waals surface area (Å²) in [5.41, 5.74) is 0. The fraction of sp³-hybridized carbons (Fsp3) is 1.00. The molecule has 6 nitrogen and oxygen atoms in total. The van der Waals surface area contributed by atoms with Crippen molar-refractivity contribution in [1.82, 2.24) is 9.03 Å². The fourth-order valence-corrected chi connectivity index (χ4v) is 2.73. The summed E-state index contributed by atoms with van der Waals surface area (Å²) in [7, 11) is -0.275. The van der Waals surface area contributed by atoms with Crippen LogP contribution in [-0.4, -0.2) is 57.3 Å². The molecule has 0 aromatic rings. The Morgan fingerprint density at radius 2 is 2.12 bits per heavy atom. The van der Waals surface area contributed by atoms with Crippen LogP contribution in [0.4, 0.5) is 0 Å². The van der Waals surface area contributed by atoms with E-state index in [4.69, 9.17) is 9.84 Å². The van der Waals surface area contributed by atoms with E-state index < -0.39 is 10.2 Å². The minimum absolute atomic E-state index is 0.00492. The molecule has 0 aromatic heterocycles. The van der Waals surface area contributed by atoms with Crippen molar-refractivity contribution in [2.45, 2.75) is 31.4 Å². The molecule has 0 aliphatic heterocycles. The highest BCUT2D eigenvalue weighted by molar-refractivity contribution is 7.87. The molecular weight excluding hydrogens is 232 g/mol. The van der Waals surface area contributed by atoms with Crippen molar-refractivity contribution in [2.75, 3.05) is 27.3 Å². The number of nitrogens with zero attached hydrogens (tertiary/aromatic N) is 1. The molecule has 0 saturated heterocycles. The highest BCUT2D eigenvalue weighted by atomic mass is 32.2. The summed E-state index contributed by atoms with van der Waals surface area (Å²) in [6.07, 6.45) is 2.08. The van der Waals surface area contributed by atoms with Crippen LogP contribution in [0.3, 0.4) is 0 Å². The molecule has 1 saturated carbocycles. The minimum atomic E-state index is -3.41. The molecule has 1 aliphatic rings. The van der Waals surface area contributed by atoms with Gasteiger partial charge in [0.1, 0.15) is 0 Å². The van der Waals surface area contributed by atoms with Gasteiger partial charge in [-0.15, -0.1) is 0 Å². The lowest BCUT2D eigenvalue weighted by Crippen LogP contribution is -2.51. The molecule has 96 valence electrons. The number of rotatable bonds is 7. The molecule has 2 N–H and O–H groups in total. The Morgan fingerprint density at radius 1 is 1.50 bits per heavy atom. The van der Waals surface area contributed by atoms with E-state index in [1.807, 2.05) is 0 Å². The van der Waals surface area contributed by atoms with E-state index >= 15 is 0 Å². The maximum absolute atomic E-state index is 11.7. The molecule has 1 rings (SSSR count). The highest BCUT2D eigenvalue weighted by Gasteiger charge is 2.33. The number of hydrogen-bond donors (Lipinski definition) is 2. The zero-order valence-corrected chi connectivity index (χ0v) is 10.5. The molecule has 0 heterocycles. The molecule has 7 heteroatoms. The van der Waals surface area contributed by atoms with Crippen molar-refractivity contribution in [3.05, 3.63) is 0 Å². The van der Waals surface area contributed by atoms with Crippen molar-refractivity contribution in [1.29, 1.82) is 0 Å². The topological polar surface area (TPSA) is 78.9 Å². The van der Waals surface area contributed by atoms with E-state index in [1.54, 1.807) is 7.11 Å². The standard InChI is InChI=1S/C9H20N2O4S/c1-11(4-3-5-12)16(13,14)10-8-6-9(7-8)15-2/h8-10,12H,3-7H2,1-2H3. The molecule has 0 aromatic carbocycles. The Hall–Kier alpha value is -0.210. The van der Waals surface area contributed by atoms with E-state index in [0.717, 1.165) is 12.8 Å². The SMILES string of the molecule is COC1CC(NS(=O)(=O)N(C)CCCO)C1. The maximum Gasteiger partial charge on any atom is 0.279 e. The first kappa shape index (κ1) is 13.9. The summed E-state index contributed by atoms with van der Waals surface area (Å²) in [5.74, 6) is 0. The second-order valence-corrected chi connectivity index (χ2v) is 5.86. The first-order chi connectivity index (χ1) is 7.49.